The molecule has 0 aliphatic rings. The van der Waals surface area contributed by atoms with Crippen LogP contribution < -0.4 is 15.4 Å². The number of urea groups is 1. The van der Waals surface area contributed by atoms with E-state index >= 15 is 0 Å². The highest BCUT2D eigenvalue weighted by Gasteiger charge is 2.10. The number of anilines is 1. The quantitative estimate of drug-likeness (QED) is 0.756. The second-order valence-corrected chi connectivity index (χ2v) is 5.10. The zero-order valence-corrected chi connectivity index (χ0v) is 12.9. The fourth-order valence-electron chi connectivity index (χ4n) is 1.99. The van der Waals surface area contributed by atoms with Crippen molar-refractivity contribution in [2.45, 2.75) is 27.0 Å². The predicted octanol–water partition coefficient (Wildman–Crippen LogP) is 3.56. The SMILES string of the molecule is Cc1cccc(NC(=O)NC(C)Oc2ccc(O)cc2)c1C. The van der Waals surface area contributed by atoms with E-state index in [2.05, 4.69) is 10.6 Å². The molecule has 0 saturated heterocycles. The fraction of sp³-hybridized carbons (Fsp3) is 0.235. The van der Waals surface area contributed by atoms with Crippen molar-refractivity contribution in [3.63, 3.8) is 0 Å². The average Bonchev–Trinajstić information content (AvgIpc) is 2.46. The van der Waals surface area contributed by atoms with Gasteiger partial charge in [-0.05, 0) is 62.2 Å². The molecule has 0 aliphatic heterocycles. The Morgan fingerprint density at radius 3 is 2.50 bits per heavy atom. The predicted molar refractivity (Wildman–Crippen MR) is 86.3 cm³/mol. The van der Waals surface area contributed by atoms with E-state index in [1.54, 1.807) is 19.1 Å². The van der Waals surface area contributed by atoms with E-state index in [9.17, 15) is 9.90 Å². The van der Waals surface area contributed by atoms with Gasteiger partial charge in [0.1, 0.15) is 11.5 Å². The minimum atomic E-state index is -0.505. The topological polar surface area (TPSA) is 70.6 Å². The summed E-state index contributed by atoms with van der Waals surface area (Å²) in [5.74, 6) is 0.734. The Labute approximate surface area is 129 Å². The van der Waals surface area contributed by atoms with Gasteiger partial charge in [0, 0.05) is 5.69 Å². The monoisotopic (exact) mass is 300 g/mol. The summed E-state index contributed by atoms with van der Waals surface area (Å²) >= 11 is 0. The third-order valence-corrected chi connectivity index (χ3v) is 3.34. The largest absolute Gasteiger partial charge is 0.508 e. The van der Waals surface area contributed by atoms with Gasteiger partial charge in [-0.1, -0.05) is 12.1 Å². The zero-order valence-electron chi connectivity index (χ0n) is 12.9. The van der Waals surface area contributed by atoms with Crippen LogP contribution >= 0.6 is 0 Å². The summed E-state index contributed by atoms with van der Waals surface area (Å²) in [6.45, 7) is 5.69. The summed E-state index contributed by atoms with van der Waals surface area (Å²) in [7, 11) is 0. The van der Waals surface area contributed by atoms with Gasteiger partial charge in [0.25, 0.3) is 0 Å². The highest BCUT2D eigenvalue weighted by molar-refractivity contribution is 5.90. The second-order valence-electron chi connectivity index (χ2n) is 5.10. The fourth-order valence-corrected chi connectivity index (χ4v) is 1.99. The van der Waals surface area contributed by atoms with Gasteiger partial charge in [-0.2, -0.15) is 0 Å². The number of phenols is 1. The number of hydrogen-bond acceptors (Lipinski definition) is 3. The van der Waals surface area contributed by atoms with Crippen LogP contribution in [0, 0.1) is 13.8 Å². The molecule has 2 aromatic rings. The Balaban J connectivity index is 1.91. The highest BCUT2D eigenvalue weighted by Crippen LogP contribution is 2.18. The lowest BCUT2D eigenvalue weighted by Gasteiger charge is -2.17. The first-order valence-electron chi connectivity index (χ1n) is 7.05. The van der Waals surface area contributed by atoms with Crippen LogP contribution in [0.2, 0.25) is 0 Å². The third-order valence-electron chi connectivity index (χ3n) is 3.34. The first-order valence-corrected chi connectivity index (χ1v) is 7.05. The maximum atomic E-state index is 12.0. The minimum absolute atomic E-state index is 0.167. The van der Waals surface area contributed by atoms with Crippen molar-refractivity contribution in [1.82, 2.24) is 5.32 Å². The summed E-state index contributed by atoms with van der Waals surface area (Å²) in [6.07, 6.45) is -0.505. The van der Waals surface area contributed by atoms with Gasteiger partial charge in [0.05, 0.1) is 0 Å². The molecule has 5 nitrogen and oxygen atoms in total. The van der Waals surface area contributed by atoms with Gasteiger partial charge >= 0.3 is 6.03 Å². The molecule has 1 unspecified atom stereocenters. The van der Waals surface area contributed by atoms with Crippen LogP contribution in [-0.2, 0) is 0 Å². The van der Waals surface area contributed by atoms with Crippen LogP contribution in [0.25, 0.3) is 0 Å². The van der Waals surface area contributed by atoms with E-state index in [1.165, 1.54) is 12.1 Å². The molecule has 0 spiro atoms. The van der Waals surface area contributed by atoms with Crippen LogP contribution in [-0.4, -0.2) is 17.4 Å². The Morgan fingerprint density at radius 1 is 1.14 bits per heavy atom. The zero-order chi connectivity index (χ0) is 16.1. The number of ether oxygens (including phenoxy) is 1. The Bertz CT molecular complexity index is 653. The molecule has 5 heteroatoms. The van der Waals surface area contributed by atoms with E-state index in [1.807, 2.05) is 32.0 Å². The third kappa shape index (κ3) is 4.15. The van der Waals surface area contributed by atoms with Gasteiger partial charge in [-0.3, -0.25) is 0 Å². The first kappa shape index (κ1) is 15.7. The van der Waals surface area contributed by atoms with Crippen LogP contribution in [0.4, 0.5) is 10.5 Å². The molecule has 2 rings (SSSR count). The van der Waals surface area contributed by atoms with Crippen molar-refractivity contribution in [2.75, 3.05) is 5.32 Å². The Hall–Kier alpha value is -2.69. The Kier molecular flexibility index (Phi) is 4.88. The van der Waals surface area contributed by atoms with Gasteiger partial charge < -0.3 is 20.5 Å². The molecule has 0 heterocycles. The van der Waals surface area contributed by atoms with E-state index in [0.717, 1.165) is 16.8 Å². The molecule has 0 bridgehead atoms. The number of rotatable bonds is 4. The van der Waals surface area contributed by atoms with Crippen molar-refractivity contribution >= 4 is 11.7 Å². The van der Waals surface area contributed by atoms with Gasteiger partial charge in [0.2, 0.25) is 0 Å². The number of hydrogen-bond donors (Lipinski definition) is 3. The lowest BCUT2D eigenvalue weighted by molar-refractivity contribution is 0.183. The smallest absolute Gasteiger partial charge is 0.322 e. The number of carbonyl (C=O) groups is 1. The van der Waals surface area contributed by atoms with Crippen molar-refractivity contribution in [2.24, 2.45) is 0 Å². The van der Waals surface area contributed by atoms with Crippen molar-refractivity contribution in [1.29, 1.82) is 0 Å². The molecule has 0 saturated carbocycles. The number of aryl methyl sites for hydroxylation is 1. The van der Waals surface area contributed by atoms with E-state index in [4.69, 9.17) is 4.74 Å². The molecule has 0 radical (unpaired) electrons. The lowest BCUT2D eigenvalue weighted by Crippen LogP contribution is -2.39. The molecule has 2 aromatic carbocycles. The molecular formula is C17H20N2O3. The molecule has 0 fully saturated rings. The van der Waals surface area contributed by atoms with Crippen molar-refractivity contribution < 1.29 is 14.6 Å². The van der Waals surface area contributed by atoms with Crippen LogP contribution in [0.15, 0.2) is 42.5 Å². The standard InChI is InChI=1S/C17H20N2O3/c1-11-5-4-6-16(12(11)2)19-17(21)18-13(3)22-15-9-7-14(20)8-10-15/h4-10,13,20H,1-3H3,(H2,18,19,21). The minimum Gasteiger partial charge on any atom is -0.508 e. The molecular weight excluding hydrogens is 280 g/mol. The van der Waals surface area contributed by atoms with E-state index in [0.29, 0.717) is 5.75 Å². The number of nitrogens with one attached hydrogen (secondary N) is 2. The maximum Gasteiger partial charge on any atom is 0.322 e. The molecule has 0 aliphatic carbocycles. The van der Waals surface area contributed by atoms with Crippen molar-refractivity contribution in [3.05, 3.63) is 53.6 Å². The van der Waals surface area contributed by atoms with Gasteiger partial charge in [-0.25, -0.2) is 4.79 Å². The summed E-state index contributed by atoms with van der Waals surface area (Å²) < 4.78 is 5.55. The van der Waals surface area contributed by atoms with Crippen LogP contribution in [0.3, 0.4) is 0 Å². The summed E-state index contributed by atoms with van der Waals surface area (Å²) in [5.41, 5.74) is 2.92. The summed E-state index contributed by atoms with van der Waals surface area (Å²) in [4.78, 5) is 12.0. The first-order chi connectivity index (χ1) is 10.5. The van der Waals surface area contributed by atoms with Crippen LogP contribution in [0.1, 0.15) is 18.1 Å². The average molecular weight is 300 g/mol. The number of carbonyl (C=O) groups excluding carboxylic acids is 1. The number of phenolic OH excluding ortho intramolecular Hbond substituents is 1. The molecule has 3 N–H and O–H groups in total. The molecule has 0 aromatic heterocycles. The highest BCUT2D eigenvalue weighted by atomic mass is 16.5. The molecule has 116 valence electrons. The lowest BCUT2D eigenvalue weighted by atomic mass is 10.1. The number of benzene rings is 2. The van der Waals surface area contributed by atoms with Crippen molar-refractivity contribution in [3.8, 4) is 11.5 Å². The van der Waals surface area contributed by atoms with E-state index < -0.39 is 6.23 Å². The summed E-state index contributed by atoms with van der Waals surface area (Å²) in [6, 6.07) is 11.7. The van der Waals surface area contributed by atoms with E-state index in [-0.39, 0.29) is 11.8 Å². The molecule has 22 heavy (non-hydrogen) atoms. The maximum absolute atomic E-state index is 12.0. The molecule has 2 amide bonds. The number of amides is 2. The normalized spacial score (nSPS) is 11.6. The summed E-state index contributed by atoms with van der Waals surface area (Å²) in [5, 5.41) is 14.7. The second kappa shape index (κ2) is 6.85. The Morgan fingerprint density at radius 2 is 1.82 bits per heavy atom. The van der Waals surface area contributed by atoms with Gasteiger partial charge in [-0.15, -0.1) is 0 Å². The van der Waals surface area contributed by atoms with Crippen LogP contribution in [0.5, 0.6) is 11.5 Å². The number of aromatic hydroxyl groups is 1. The molecule has 1 atom stereocenters. The van der Waals surface area contributed by atoms with Gasteiger partial charge in [0.15, 0.2) is 6.23 Å².